The van der Waals surface area contributed by atoms with Crippen LogP contribution in [0.5, 0.6) is 5.75 Å². The minimum absolute atomic E-state index is 0.291. The van der Waals surface area contributed by atoms with E-state index in [9.17, 15) is 5.11 Å². The van der Waals surface area contributed by atoms with E-state index in [2.05, 4.69) is 11.8 Å². The van der Waals surface area contributed by atoms with Gasteiger partial charge in [-0.15, -0.1) is 0 Å². The third kappa shape index (κ3) is 2.81. The summed E-state index contributed by atoms with van der Waals surface area (Å²) < 4.78 is 0. The molecular formula is C11H13NO. The highest BCUT2D eigenvalue weighted by Gasteiger charge is 1.94. The van der Waals surface area contributed by atoms with Crippen LogP contribution in [0.4, 0.5) is 0 Å². The second kappa shape index (κ2) is 4.54. The Morgan fingerprint density at radius 1 is 1.46 bits per heavy atom. The van der Waals surface area contributed by atoms with Gasteiger partial charge in [0.15, 0.2) is 0 Å². The summed E-state index contributed by atoms with van der Waals surface area (Å²) in [5, 5.41) is 9.36. The lowest BCUT2D eigenvalue weighted by Crippen LogP contribution is -1.95. The molecule has 0 fully saturated rings. The van der Waals surface area contributed by atoms with E-state index < -0.39 is 0 Å². The number of benzene rings is 1. The molecule has 0 aliphatic heterocycles. The van der Waals surface area contributed by atoms with Crippen LogP contribution >= 0.6 is 0 Å². The van der Waals surface area contributed by atoms with E-state index in [1.165, 1.54) is 0 Å². The van der Waals surface area contributed by atoms with Crippen LogP contribution in [0.15, 0.2) is 18.2 Å². The molecule has 0 atom stereocenters. The van der Waals surface area contributed by atoms with Gasteiger partial charge in [0.1, 0.15) is 5.75 Å². The third-order valence-corrected chi connectivity index (χ3v) is 1.71. The fourth-order valence-electron chi connectivity index (χ4n) is 0.924. The van der Waals surface area contributed by atoms with Gasteiger partial charge in [0, 0.05) is 18.5 Å². The summed E-state index contributed by atoms with van der Waals surface area (Å²) in [5.41, 5.74) is 6.99. The van der Waals surface area contributed by atoms with Gasteiger partial charge in [-0.05, 0) is 24.6 Å². The Labute approximate surface area is 78.4 Å². The fourth-order valence-corrected chi connectivity index (χ4v) is 0.924. The van der Waals surface area contributed by atoms with Gasteiger partial charge in [-0.1, -0.05) is 17.9 Å². The highest BCUT2D eigenvalue weighted by atomic mass is 16.3. The average Bonchev–Trinajstić information content (AvgIpc) is 2.12. The van der Waals surface area contributed by atoms with Crippen molar-refractivity contribution in [3.63, 3.8) is 0 Å². The molecule has 0 heterocycles. The summed E-state index contributed by atoms with van der Waals surface area (Å²) >= 11 is 0. The maximum Gasteiger partial charge on any atom is 0.119 e. The molecule has 1 aromatic carbocycles. The van der Waals surface area contributed by atoms with E-state index >= 15 is 0 Å². The Balaban J connectivity index is 2.81. The molecule has 0 aromatic heterocycles. The molecule has 0 aliphatic rings. The summed E-state index contributed by atoms with van der Waals surface area (Å²) in [6, 6.07) is 5.40. The first-order valence-corrected chi connectivity index (χ1v) is 4.22. The molecule has 0 unspecified atom stereocenters. The Morgan fingerprint density at radius 2 is 2.23 bits per heavy atom. The number of hydrogen-bond donors (Lipinski definition) is 2. The van der Waals surface area contributed by atoms with E-state index in [4.69, 9.17) is 5.73 Å². The molecule has 2 nitrogen and oxygen atoms in total. The molecule has 0 saturated carbocycles. The minimum Gasteiger partial charge on any atom is -0.508 e. The molecule has 0 bridgehead atoms. The van der Waals surface area contributed by atoms with Crippen LogP contribution in [0, 0.1) is 18.8 Å². The molecule has 13 heavy (non-hydrogen) atoms. The van der Waals surface area contributed by atoms with Crippen LogP contribution in [0.3, 0.4) is 0 Å². The number of aromatic hydroxyl groups is 1. The number of rotatable bonds is 1. The van der Waals surface area contributed by atoms with Crippen molar-refractivity contribution in [3.05, 3.63) is 29.3 Å². The van der Waals surface area contributed by atoms with Gasteiger partial charge >= 0.3 is 0 Å². The molecule has 2 heteroatoms. The molecule has 68 valence electrons. The molecule has 1 rings (SSSR count). The minimum atomic E-state index is 0.291. The fraction of sp³-hybridized carbons (Fsp3) is 0.273. The number of phenols is 1. The van der Waals surface area contributed by atoms with Gasteiger partial charge in [0.25, 0.3) is 0 Å². The van der Waals surface area contributed by atoms with Gasteiger partial charge in [-0.2, -0.15) is 0 Å². The molecule has 1 aromatic rings. The molecule has 0 spiro atoms. The van der Waals surface area contributed by atoms with Crippen molar-refractivity contribution in [2.24, 2.45) is 5.73 Å². The number of hydrogen-bond acceptors (Lipinski definition) is 2. The number of phenolic OH excluding ortho intramolecular Hbond substituents is 1. The molecular weight excluding hydrogens is 162 g/mol. The highest BCUT2D eigenvalue weighted by molar-refractivity contribution is 5.43. The monoisotopic (exact) mass is 175 g/mol. The maximum absolute atomic E-state index is 9.36. The van der Waals surface area contributed by atoms with Crippen LogP contribution in [0.2, 0.25) is 0 Å². The van der Waals surface area contributed by atoms with Crippen molar-refractivity contribution in [2.75, 3.05) is 6.54 Å². The summed E-state index contributed by atoms with van der Waals surface area (Å²) in [6.45, 7) is 2.43. The lowest BCUT2D eigenvalue weighted by molar-refractivity contribution is 0.471. The third-order valence-electron chi connectivity index (χ3n) is 1.71. The van der Waals surface area contributed by atoms with Gasteiger partial charge in [-0.25, -0.2) is 0 Å². The zero-order chi connectivity index (χ0) is 9.68. The molecule has 3 N–H and O–H groups in total. The van der Waals surface area contributed by atoms with Gasteiger partial charge in [0.05, 0.1) is 0 Å². The topological polar surface area (TPSA) is 46.2 Å². The van der Waals surface area contributed by atoms with Crippen molar-refractivity contribution in [2.45, 2.75) is 13.3 Å². The quantitative estimate of drug-likeness (QED) is 0.634. The molecule has 0 radical (unpaired) electrons. The van der Waals surface area contributed by atoms with Crippen LogP contribution in [0.25, 0.3) is 0 Å². The second-order valence-electron chi connectivity index (χ2n) is 2.84. The first-order valence-electron chi connectivity index (χ1n) is 4.22. The zero-order valence-corrected chi connectivity index (χ0v) is 7.67. The lowest BCUT2D eigenvalue weighted by Gasteiger charge is -1.97. The SMILES string of the molecule is Cc1ccc(C#CCCN)cc1O. The summed E-state index contributed by atoms with van der Waals surface area (Å²) in [6.07, 6.45) is 0.689. The predicted octanol–water partition coefficient (Wildman–Crippen LogP) is 1.40. The van der Waals surface area contributed by atoms with E-state index in [1.54, 1.807) is 6.07 Å². The Bertz CT molecular complexity index is 347. The van der Waals surface area contributed by atoms with E-state index in [-0.39, 0.29) is 0 Å². The van der Waals surface area contributed by atoms with E-state index in [0.717, 1.165) is 11.1 Å². The van der Waals surface area contributed by atoms with E-state index in [1.807, 2.05) is 19.1 Å². The van der Waals surface area contributed by atoms with Gasteiger partial charge < -0.3 is 10.8 Å². The Hall–Kier alpha value is -1.46. The van der Waals surface area contributed by atoms with Crippen molar-refractivity contribution >= 4 is 0 Å². The summed E-state index contributed by atoms with van der Waals surface area (Å²) in [4.78, 5) is 0. The van der Waals surface area contributed by atoms with Crippen molar-refractivity contribution in [1.82, 2.24) is 0 Å². The molecule has 0 saturated heterocycles. The first-order chi connectivity index (χ1) is 6.24. The van der Waals surface area contributed by atoms with Crippen LogP contribution in [-0.2, 0) is 0 Å². The van der Waals surface area contributed by atoms with Crippen LogP contribution in [0.1, 0.15) is 17.5 Å². The Morgan fingerprint density at radius 3 is 2.85 bits per heavy atom. The molecule has 0 amide bonds. The smallest absolute Gasteiger partial charge is 0.119 e. The Kier molecular flexibility index (Phi) is 3.36. The number of aryl methyl sites for hydroxylation is 1. The number of nitrogens with two attached hydrogens (primary N) is 1. The van der Waals surface area contributed by atoms with Crippen molar-refractivity contribution in [1.29, 1.82) is 0 Å². The summed E-state index contributed by atoms with van der Waals surface area (Å²) in [5.74, 6) is 6.13. The maximum atomic E-state index is 9.36. The summed E-state index contributed by atoms with van der Waals surface area (Å²) in [7, 11) is 0. The second-order valence-corrected chi connectivity index (χ2v) is 2.84. The average molecular weight is 175 g/mol. The van der Waals surface area contributed by atoms with Crippen LogP contribution < -0.4 is 5.73 Å². The predicted molar refractivity (Wildman–Crippen MR) is 53.4 cm³/mol. The van der Waals surface area contributed by atoms with Crippen molar-refractivity contribution in [3.8, 4) is 17.6 Å². The standard InChI is InChI=1S/C11H13NO/c1-9-5-6-10(8-11(9)13)4-2-3-7-12/h5-6,8,13H,3,7,12H2,1H3. The largest absolute Gasteiger partial charge is 0.508 e. The van der Waals surface area contributed by atoms with Gasteiger partial charge in [0.2, 0.25) is 0 Å². The van der Waals surface area contributed by atoms with Crippen LogP contribution in [-0.4, -0.2) is 11.7 Å². The lowest BCUT2D eigenvalue weighted by atomic mass is 10.1. The van der Waals surface area contributed by atoms with E-state index in [0.29, 0.717) is 18.7 Å². The molecule has 0 aliphatic carbocycles. The first kappa shape index (κ1) is 9.63. The highest BCUT2D eigenvalue weighted by Crippen LogP contribution is 2.16. The normalized spacial score (nSPS) is 9.08. The van der Waals surface area contributed by atoms with Crippen molar-refractivity contribution < 1.29 is 5.11 Å². The zero-order valence-electron chi connectivity index (χ0n) is 7.67. The van der Waals surface area contributed by atoms with Gasteiger partial charge in [-0.3, -0.25) is 0 Å².